The minimum Gasteiger partial charge on any atom is -0.289 e. The number of pyridine rings is 2. The average Bonchev–Trinajstić information content (AvgIpc) is 3.49. The molecule has 3 aliphatic rings. The Kier molecular flexibility index (Phi) is 15.1. The number of halogens is 6. The number of rotatable bonds is 12. The third-order valence-corrected chi connectivity index (χ3v) is 17.4. The molecule has 12 rings (SSSR count). The summed E-state index contributed by atoms with van der Waals surface area (Å²) in [5.74, 6) is -8.87. The van der Waals surface area contributed by atoms with E-state index in [1.807, 2.05) is 25.1 Å². The minimum absolute atomic E-state index is 0.348. The van der Waals surface area contributed by atoms with Crippen molar-refractivity contribution in [2.45, 2.75) is 59.4 Å². The summed E-state index contributed by atoms with van der Waals surface area (Å²) >= 11 is 3.65. The smallest absolute Gasteiger partial charge is 0.282 e. The lowest BCUT2D eigenvalue weighted by Gasteiger charge is -2.07. The molecule has 14 nitrogen and oxygen atoms in total. The van der Waals surface area contributed by atoms with Gasteiger partial charge in [-0.25, -0.2) is 57.7 Å². The van der Waals surface area contributed by atoms with Crippen LogP contribution < -0.4 is 16.4 Å². The molecule has 0 spiro atoms. The molecule has 0 aliphatic heterocycles. The molecule has 0 saturated heterocycles. The van der Waals surface area contributed by atoms with Crippen molar-refractivity contribution in [2.75, 3.05) is 0 Å². The van der Waals surface area contributed by atoms with Gasteiger partial charge in [0.1, 0.15) is 32.5 Å². The van der Waals surface area contributed by atoms with Crippen LogP contribution in [0.15, 0.2) is 164 Å². The number of carbonyl (C=O) groups is 3. The van der Waals surface area contributed by atoms with E-state index in [0.29, 0.717) is 57.7 Å². The van der Waals surface area contributed by atoms with Gasteiger partial charge < -0.3 is 0 Å². The van der Waals surface area contributed by atoms with Crippen LogP contribution in [-0.2, 0) is 14.4 Å². The monoisotopic (exact) mass is 1130 g/mol. The van der Waals surface area contributed by atoms with Crippen LogP contribution in [0.1, 0.15) is 72.4 Å². The standard InChI is InChI=1S/C19H15F2N3O2S.C19H14F2N2O2S.C18H13F2N3O2S/c1-10-4-2-3-5-12(10)15-16(19(15,21)18(25)24-26)14-9-23-17(27-14)13-7-6-11(20)8-22-13;20-13-8-6-12(7-9-13)17-22-10-14(26-17)16-15(11-4-2-1-3-5-11)19(16,21)18(24)23-25;19-11-6-7-12(21-8-11)16-22-9-13(26-16)15-14(10-4-2-1-3-5-10)18(15,20)17(24)23-25/h2-9,15-16,26H,1H3,(H,24,25);1-10,15-16,25H,(H,23,24);1-9,14-15,25H,(H,23,24)/t2*15-,16-,19+;14-,15-,18+/m111/s1. The Morgan fingerprint density at radius 3 is 1.20 bits per heavy atom. The fourth-order valence-corrected chi connectivity index (χ4v) is 13.4. The summed E-state index contributed by atoms with van der Waals surface area (Å²) in [6, 6.07) is 36.3. The Morgan fingerprint density at radius 1 is 0.430 bits per heavy atom. The number of aromatic nitrogens is 5. The van der Waals surface area contributed by atoms with Crippen molar-refractivity contribution in [1.29, 1.82) is 0 Å². The van der Waals surface area contributed by atoms with Gasteiger partial charge in [-0.15, -0.1) is 34.0 Å². The van der Waals surface area contributed by atoms with Gasteiger partial charge in [-0.1, -0.05) is 84.9 Å². The summed E-state index contributed by atoms with van der Waals surface area (Å²) in [6.07, 6.45) is 6.71. The van der Waals surface area contributed by atoms with Crippen LogP contribution >= 0.6 is 34.0 Å². The van der Waals surface area contributed by atoms with Gasteiger partial charge in [0.2, 0.25) is 17.0 Å². The second kappa shape index (κ2) is 22.0. The van der Waals surface area contributed by atoms with Crippen LogP contribution in [0.3, 0.4) is 0 Å². The summed E-state index contributed by atoms with van der Waals surface area (Å²) in [7, 11) is 0. The normalized spacial score (nSPS) is 24.1. The first-order chi connectivity index (χ1) is 38.1. The molecular formula is C56H42F6N8O6S3. The zero-order valence-electron chi connectivity index (χ0n) is 40.8. The Balaban J connectivity index is 0.000000134. The van der Waals surface area contributed by atoms with E-state index in [0.717, 1.165) is 23.5 Å². The molecule has 3 saturated carbocycles. The van der Waals surface area contributed by atoms with Crippen LogP contribution in [0.5, 0.6) is 0 Å². The van der Waals surface area contributed by atoms with E-state index >= 15 is 13.2 Å². The maximum Gasteiger partial charge on any atom is 0.282 e. The number of nitrogens with zero attached hydrogens (tertiary/aromatic N) is 5. The minimum atomic E-state index is -2.26. The fourth-order valence-electron chi connectivity index (χ4n) is 10.1. The Labute approximate surface area is 457 Å². The van der Waals surface area contributed by atoms with E-state index < -0.39 is 81.9 Å². The van der Waals surface area contributed by atoms with Gasteiger partial charge >= 0.3 is 0 Å². The molecule has 402 valence electrons. The number of nitrogens with one attached hydrogen (secondary N) is 3. The van der Waals surface area contributed by atoms with Gasteiger partial charge in [0.25, 0.3) is 17.7 Å². The van der Waals surface area contributed by atoms with E-state index in [-0.39, 0.29) is 5.82 Å². The molecule has 3 aliphatic carbocycles. The SMILES string of the molecule is Cc1ccccc1[C@@H]1[C@@H](c2cnc(-c3ccc(F)cn3)s2)[C@]1(F)C(=O)NO.O=C(NO)[C@]1(F)[C@H](c2ccccc2)[C@H]1c1cnc(-c2ccc(F)cc2)s1.O=C(NO)[C@]1(F)[C@H](c2ccccc2)[C@H]1c1cnc(-c2ccc(F)cn2)s1. The lowest BCUT2D eigenvalue weighted by atomic mass is 10.0. The topological polar surface area (TPSA) is 212 Å². The molecule has 0 radical (unpaired) electrons. The van der Waals surface area contributed by atoms with Crippen LogP contribution in [0.2, 0.25) is 0 Å². The van der Waals surface area contributed by atoms with Crippen LogP contribution in [0, 0.1) is 24.4 Å². The Bertz CT molecular complexity index is 3500. The van der Waals surface area contributed by atoms with Crippen LogP contribution in [0.25, 0.3) is 32.0 Å². The predicted octanol–water partition coefficient (Wildman–Crippen LogP) is 11.2. The maximum absolute atomic E-state index is 15.6. The van der Waals surface area contributed by atoms with Crippen LogP contribution in [0.4, 0.5) is 26.3 Å². The van der Waals surface area contributed by atoms with Gasteiger partial charge in [0.05, 0.1) is 23.8 Å². The number of thiazole rings is 3. The van der Waals surface area contributed by atoms with Crippen molar-refractivity contribution in [3.8, 4) is 32.0 Å². The quantitative estimate of drug-likeness (QED) is 0.0385. The van der Waals surface area contributed by atoms with E-state index in [1.165, 1.54) is 105 Å². The highest BCUT2D eigenvalue weighted by Gasteiger charge is 2.75. The molecule has 0 unspecified atom stereocenters. The molecule has 4 aromatic carbocycles. The number of hydrogen-bond acceptors (Lipinski definition) is 14. The first-order valence-electron chi connectivity index (χ1n) is 24.0. The molecule has 9 aromatic rings. The van der Waals surface area contributed by atoms with Crippen LogP contribution in [-0.4, -0.2) is 75.3 Å². The molecule has 0 bridgehead atoms. The largest absolute Gasteiger partial charge is 0.289 e. The molecular weight excluding hydrogens is 1090 g/mol. The highest BCUT2D eigenvalue weighted by atomic mass is 32.1. The number of amides is 3. The van der Waals surface area contributed by atoms with Crippen molar-refractivity contribution in [1.82, 2.24) is 41.4 Å². The molecule has 23 heteroatoms. The van der Waals surface area contributed by atoms with E-state index in [1.54, 1.807) is 78.9 Å². The number of alkyl halides is 3. The van der Waals surface area contributed by atoms with Crippen molar-refractivity contribution >= 4 is 51.7 Å². The lowest BCUT2D eigenvalue weighted by molar-refractivity contribution is -0.136. The van der Waals surface area contributed by atoms with Gasteiger partial charge in [-0.3, -0.25) is 40.0 Å². The van der Waals surface area contributed by atoms with Gasteiger partial charge in [-0.2, -0.15) is 0 Å². The molecule has 3 amide bonds. The van der Waals surface area contributed by atoms with E-state index in [4.69, 9.17) is 15.6 Å². The second-order valence-electron chi connectivity index (χ2n) is 18.6. The molecule has 5 aromatic heterocycles. The third-order valence-electron chi connectivity index (χ3n) is 14.1. The van der Waals surface area contributed by atoms with E-state index in [2.05, 4.69) is 24.9 Å². The fraction of sp³-hybridized carbons (Fsp3) is 0.179. The zero-order chi connectivity index (χ0) is 55.8. The lowest BCUT2D eigenvalue weighted by Crippen LogP contribution is -2.33. The summed E-state index contributed by atoms with van der Waals surface area (Å²) < 4.78 is 85.5. The Hall–Kier alpha value is -8.06. The summed E-state index contributed by atoms with van der Waals surface area (Å²) in [4.78, 5) is 58.5. The summed E-state index contributed by atoms with van der Waals surface area (Å²) in [6.45, 7) is 1.85. The number of carbonyl (C=O) groups excluding carboxylic acids is 3. The number of benzene rings is 4. The average molecular weight is 1130 g/mol. The first-order valence-corrected chi connectivity index (χ1v) is 26.4. The number of aryl methyl sites for hydroxylation is 1. The first kappa shape index (κ1) is 54.3. The van der Waals surface area contributed by atoms with Crippen molar-refractivity contribution in [3.05, 3.63) is 219 Å². The molecule has 79 heavy (non-hydrogen) atoms. The summed E-state index contributed by atoms with van der Waals surface area (Å²) in [5.41, 5.74) is 2.14. The highest BCUT2D eigenvalue weighted by Crippen LogP contribution is 2.69. The summed E-state index contributed by atoms with van der Waals surface area (Å²) in [5, 5.41) is 28.6. The second-order valence-corrected chi connectivity index (χ2v) is 21.8. The van der Waals surface area contributed by atoms with Crippen molar-refractivity contribution < 1.29 is 56.3 Å². The highest BCUT2D eigenvalue weighted by molar-refractivity contribution is 7.15. The van der Waals surface area contributed by atoms with E-state index in [9.17, 15) is 27.6 Å². The molecule has 3 fully saturated rings. The molecule has 6 N–H and O–H groups in total. The van der Waals surface area contributed by atoms with Crippen molar-refractivity contribution in [3.63, 3.8) is 0 Å². The maximum atomic E-state index is 15.6. The number of hydroxylamine groups is 3. The Morgan fingerprint density at radius 2 is 0.797 bits per heavy atom. The zero-order valence-corrected chi connectivity index (χ0v) is 43.3. The van der Waals surface area contributed by atoms with Crippen molar-refractivity contribution in [2.24, 2.45) is 0 Å². The molecule has 9 atom stereocenters. The predicted molar refractivity (Wildman–Crippen MR) is 280 cm³/mol. The van der Waals surface area contributed by atoms with Gasteiger partial charge in [0.15, 0.2) is 0 Å². The third kappa shape index (κ3) is 10.2. The number of hydrogen-bond donors (Lipinski definition) is 6. The van der Waals surface area contributed by atoms with Gasteiger partial charge in [0, 0.05) is 74.3 Å². The molecule has 5 heterocycles. The van der Waals surface area contributed by atoms with Gasteiger partial charge in [-0.05, 0) is 77.7 Å².